The van der Waals surface area contributed by atoms with E-state index < -0.39 is 5.97 Å². The highest BCUT2D eigenvalue weighted by Gasteiger charge is 2.56. The summed E-state index contributed by atoms with van der Waals surface area (Å²) < 4.78 is 10.5. The summed E-state index contributed by atoms with van der Waals surface area (Å²) >= 11 is 0. The molecular weight excluding hydrogens is 230 g/mol. The maximum absolute atomic E-state index is 11.7. The molecule has 0 N–H and O–H groups in total. The Kier molecular flexibility index (Phi) is 2.88. The molecule has 0 amide bonds. The molecule has 0 saturated heterocycles. The number of carbonyl (C=O) groups excluding carboxylic acids is 1. The van der Waals surface area contributed by atoms with Crippen LogP contribution in [-0.4, -0.2) is 18.1 Å². The first kappa shape index (κ1) is 11.8. The second kappa shape index (κ2) is 4.41. The highest BCUT2D eigenvalue weighted by molar-refractivity contribution is 5.87. The van der Waals surface area contributed by atoms with Gasteiger partial charge in [-0.3, -0.25) is 0 Å². The van der Waals surface area contributed by atoms with Gasteiger partial charge in [0.1, 0.15) is 0 Å². The molecule has 3 rings (SSSR count). The number of ether oxygens (including phenoxy) is 1. The standard InChI is InChI=1S/C14H19NO3/c1-3-5-10-12(14(16)17-2)18-13(15-10)11-8-6-4-7-9(8)11/h8-9,11H,3-7H2,1-2H3. The van der Waals surface area contributed by atoms with E-state index in [1.54, 1.807) is 0 Å². The van der Waals surface area contributed by atoms with E-state index in [0.717, 1.165) is 36.3 Å². The van der Waals surface area contributed by atoms with Gasteiger partial charge in [-0.15, -0.1) is 0 Å². The third-order valence-electron chi connectivity index (χ3n) is 4.26. The van der Waals surface area contributed by atoms with Crippen LogP contribution in [-0.2, 0) is 11.2 Å². The van der Waals surface area contributed by atoms with Crippen LogP contribution in [0, 0.1) is 11.8 Å². The first-order valence-corrected chi connectivity index (χ1v) is 6.84. The van der Waals surface area contributed by atoms with E-state index in [2.05, 4.69) is 11.9 Å². The van der Waals surface area contributed by atoms with E-state index in [1.807, 2.05) is 0 Å². The second-order valence-electron chi connectivity index (χ2n) is 5.35. The van der Waals surface area contributed by atoms with Crippen molar-refractivity contribution in [1.82, 2.24) is 4.98 Å². The van der Waals surface area contributed by atoms with Crippen molar-refractivity contribution in [1.29, 1.82) is 0 Å². The third kappa shape index (κ3) is 1.74. The number of oxazole rings is 1. The van der Waals surface area contributed by atoms with E-state index in [-0.39, 0.29) is 0 Å². The molecule has 2 unspecified atom stereocenters. The van der Waals surface area contributed by atoms with Gasteiger partial charge in [-0.1, -0.05) is 19.8 Å². The Balaban J connectivity index is 1.85. The lowest BCUT2D eigenvalue weighted by Gasteiger charge is -1.97. The third-order valence-corrected chi connectivity index (χ3v) is 4.26. The number of carbonyl (C=O) groups is 1. The quantitative estimate of drug-likeness (QED) is 0.770. The average molecular weight is 249 g/mol. The molecule has 4 nitrogen and oxygen atoms in total. The average Bonchev–Trinajstić information content (AvgIpc) is 2.79. The number of aromatic nitrogens is 1. The molecule has 0 spiro atoms. The smallest absolute Gasteiger partial charge is 0.375 e. The van der Waals surface area contributed by atoms with Crippen LogP contribution in [0.25, 0.3) is 0 Å². The predicted molar refractivity (Wildman–Crippen MR) is 65.4 cm³/mol. The van der Waals surface area contributed by atoms with Crippen LogP contribution in [0.3, 0.4) is 0 Å². The van der Waals surface area contributed by atoms with Crippen LogP contribution in [0.15, 0.2) is 4.42 Å². The van der Waals surface area contributed by atoms with Gasteiger partial charge in [-0.05, 0) is 31.1 Å². The minimum atomic E-state index is -0.400. The SMILES string of the molecule is CCCc1nc(C2C3CCCC32)oc1C(=O)OC. The maximum Gasteiger partial charge on any atom is 0.375 e. The molecule has 2 aliphatic rings. The highest BCUT2D eigenvalue weighted by Crippen LogP contribution is 2.62. The van der Waals surface area contributed by atoms with E-state index in [9.17, 15) is 4.79 Å². The van der Waals surface area contributed by atoms with Gasteiger partial charge in [0.2, 0.25) is 5.76 Å². The molecule has 98 valence electrons. The summed E-state index contributed by atoms with van der Waals surface area (Å²) in [6, 6.07) is 0. The summed E-state index contributed by atoms with van der Waals surface area (Å²) in [6.45, 7) is 2.07. The zero-order valence-corrected chi connectivity index (χ0v) is 10.9. The van der Waals surface area contributed by atoms with Crippen LogP contribution in [0.4, 0.5) is 0 Å². The van der Waals surface area contributed by atoms with E-state index in [0.29, 0.717) is 11.7 Å². The summed E-state index contributed by atoms with van der Waals surface area (Å²) in [5, 5.41) is 0. The Bertz CT molecular complexity index is 456. The van der Waals surface area contributed by atoms with Gasteiger partial charge in [0.15, 0.2) is 5.89 Å². The molecule has 0 aliphatic heterocycles. The molecule has 0 radical (unpaired) electrons. The molecule has 4 heteroatoms. The van der Waals surface area contributed by atoms with Crippen LogP contribution in [0.2, 0.25) is 0 Å². The zero-order valence-electron chi connectivity index (χ0n) is 10.9. The fraction of sp³-hybridized carbons (Fsp3) is 0.714. The molecule has 2 fully saturated rings. The van der Waals surface area contributed by atoms with Gasteiger partial charge >= 0.3 is 5.97 Å². The van der Waals surface area contributed by atoms with Crippen molar-refractivity contribution in [2.24, 2.45) is 11.8 Å². The summed E-state index contributed by atoms with van der Waals surface area (Å²) in [4.78, 5) is 16.2. The predicted octanol–water partition coefficient (Wildman–Crippen LogP) is 2.93. The Hall–Kier alpha value is -1.32. The monoisotopic (exact) mass is 249 g/mol. The largest absolute Gasteiger partial charge is 0.463 e. The van der Waals surface area contributed by atoms with E-state index >= 15 is 0 Å². The number of hydrogen-bond donors (Lipinski definition) is 0. The molecule has 18 heavy (non-hydrogen) atoms. The van der Waals surface area contributed by atoms with Gasteiger partial charge in [-0.2, -0.15) is 0 Å². The number of nitrogens with zero attached hydrogens (tertiary/aromatic N) is 1. The van der Waals surface area contributed by atoms with Crippen molar-refractivity contribution in [2.75, 3.05) is 7.11 Å². The van der Waals surface area contributed by atoms with Crippen molar-refractivity contribution >= 4 is 5.97 Å². The molecule has 1 aromatic rings. The number of esters is 1. The van der Waals surface area contributed by atoms with Crippen molar-refractivity contribution in [3.63, 3.8) is 0 Å². The molecule has 2 saturated carbocycles. The molecule has 0 bridgehead atoms. The normalized spacial score (nSPS) is 29.1. The number of hydrogen-bond acceptors (Lipinski definition) is 4. The Morgan fingerprint density at radius 1 is 1.44 bits per heavy atom. The first-order chi connectivity index (χ1) is 8.76. The lowest BCUT2D eigenvalue weighted by molar-refractivity contribution is 0.0561. The minimum absolute atomic E-state index is 0.319. The topological polar surface area (TPSA) is 52.3 Å². The first-order valence-electron chi connectivity index (χ1n) is 6.84. The van der Waals surface area contributed by atoms with Gasteiger partial charge in [0.05, 0.1) is 12.8 Å². The van der Waals surface area contributed by atoms with Crippen LogP contribution in [0.1, 0.15) is 60.7 Å². The second-order valence-corrected chi connectivity index (χ2v) is 5.35. The molecule has 1 aromatic heterocycles. The van der Waals surface area contributed by atoms with Gasteiger partial charge in [0, 0.05) is 5.92 Å². The lowest BCUT2D eigenvalue weighted by Crippen LogP contribution is -2.03. The van der Waals surface area contributed by atoms with Crippen molar-refractivity contribution < 1.29 is 13.9 Å². The molecule has 2 atom stereocenters. The molecule has 1 heterocycles. The summed E-state index contributed by atoms with van der Waals surface area (Å²) in [7, 11) is 1.38. The number of fused-ring (bicyclic) bond motifs is 1. The fourth-order valence-corrected chi connectivity index (χ4v) is 3.36. The van der Waals surface area contributed by atoms with Crippen LogP contribution in [0.5, 0.6) is 0 Å². The molecular formula is C14H19NO3. The number of aryl methyl sites for hydroxylation is 1. The summed E-state index contributed by atoms with van der Waals surface area (Å²) in [5.41, 5.74) is 0.768. The summed E-state index contributed by atoms with van der Waals surface area (Å²) in [5.74, 6) is 2.66. The molecule has 0 aromatic carbocycles. The summed E-state index contributed by atoms with van der Waals surface area (Å²) in [6.07, 6.45) is 5.63. The van der Waals surface area contributed by atoms with Crippen molar-refractivity contribution in [3.05, 3.63) is 17.3 Å². The zero-order chi connectivity index (χ0) is 12.7. The Morgan fingerprint density at radius 3 is 2.78 bits per heavy atom. The van der Waals surface area contributed by atoms with Crippen molar-refractivity contribution in [3.8, 4) is 0 Å². The molecule has 2 aliphatic carbocycles. The maximum atomic E-state index is 11.7. The fourth-order valence-electron chi connectivity index (χ4n) is 3.36. The lowest BCUT2D eigenvalue weighted by atomic mass is 10.1. The van der Waals surface area contributed by atoms with Gasteiger partial charge in [-0.25, -0.2) is 9.78 Å². The van der Waals surface area contributed by atoms with Crippen molar-refractivity contribution in [2.45, 2.75) is 44.9 Å². The van der Waals surface area contributed by atoms with E-state index in [4.69, 9.17) is 9.15 Å². The minimum Gasteiger partial charge on any atom is -0.463 e. The number of methoxy groups -OCH3 is 1. The van der Waals surface area contributed by atoms with Crippen LogP contribution >= 0.6 is 0 Å². The Labute approximate surface area is 107 Å². The van der Waals surface area contributed by atoms with Crippen LogP contribution < -0.4 is 0 Å². The highest BCUT2D eigenvalue weighted by atomic mass is 16.5. The van der Waals surface area contributed by atoms with E-state index in [1.165, 1.54) is 26.4 Å². The Morgan fingerprint density at radius 2 is 2.17 bits per heavy atom. The van der Waals surface area contributed by atoms with Gasteiger partial charge in [0.25, 0.3) is 0 Å². The number of rotatable bonds is 4. The van der Waals surface area contributed by atoms with Gasteiger partial charge < -0.3 is 9.15 Å².